The summed E-state index contributed by atoms with van der Waals surface area (Å²) in [6.07, 6.45) is 11.0. The van der Waals surface area contributed by atoms with E-state index in [0.717, 1.165) is 51.4 Å². The van der Waals surface area contributed by atoms with Crippen LogP contribution in [0.15, 0.2) is 0 Å². The van der Waals surface area contributed by atoms with E-state index in [1.165, 1.54) is 12.8 Å². The Morgan fingerprint density at radius 2 is 1.12 bits per heavy atom. The van der Waals surface area contributed by atoms with Crippen molar-refractivity contribution in [2.24, 2.45) is 5.50 Å². The molecule has 2 rings (SSSR count). The number of hydrogen-bond acceptors (Lipinski definition) is 3. The van der Waals surface area contributed by atoms with E-state index in [1.807, 2.05) is 0 Å². The zero-order chi connectivity index (χ0) is 12.1. The lowest BCUT2D eigenvalue weighted by molar-refractivity contribution is 0.0791. The Balaban J connectivity index is 1.78. The molecule has 0 aromatic carbocycles. The molecule has 0 radical (unpaired) electrons. The summed E-state index contributed by atoms with van der Waals surface area (Å²) in [5, 5.41) is 0. The lowest BCUT2D eigenvalue weighted by Gasteiger charge is -2.28. The Kier molecular flexibility index (Phi) is 5.04. The van der Waals surface area contributed by atoms with Crippen molar-refractivity contribution in [3.8, 4) is 0 Å². The molecule has 100 valence electrons. The Morgan fingerprint density at radius 3 is 1.47 bits per heavy atom. The van der Waals surface area contributed by atoms with Gasteiger partial charge in [0, 0.05) is 0 Å². The van der Waals surface area contributed by atoms with E-state index in [-0.39, 0.29) is 12.2 Å². The Bertz CT molecular complexity index is 249. The van der Waals surface area contributed by atoms with Crippen molar-refractivity contribution in [1.82, 2.24) is 0 Å². The summed E-state index contributed by atoms with van der Waals surface area (Å²) >= 11 is 0. The molecule has 0 spiro atoms. The van der Waals surface area contributed by atoms with Crippen LogP contribution in [-0.4, -0.2) is 12.2 Å². The summed E-state index contributed by atoms with van der Waals surface area (Å²) in [4.78, 5) is 0. The van der Waals surface area contributed by atoms with E-state index < -0.39 is 7.75 Å². The molecule has 5 heteroatoms. The van der Waals surface area contributed by atoms with Crippen molar-refractivity contribution in [3.63, 3.8) is 0 Å². The molecule has 0 atom stereocenters. The lowest BCUT2D eigenvalue weighted by Crippen LogP contribution is -2.22. The molecule has 0 saturated heterocycles. The van der Waals surface area contributed by atoms with Crippen LogP contribution in [-0.2, 0) is 13.6 Å². The third kappa shape index (κ3) is 4.70. The van der Waals surface area contributed by atoms with Gasteiger partial charge in [0.05, 0.1) is 12.2 Å². The van der Waals surface area contributed by atoms with Crippen molar-refractivity contribution in [3.05, 3.63) is 0 Å². The summed E-state index contributed by atoms with van der Waals surface area (Å²) < 4.78 is 23.1. The lowest BCUT2D eigenvalue weighted by atomic mass is 9.98. The molecule has 0 unspecified atom stereocenters. The van der Waals surface area contributed by atoms with Gasteiger partial charge in [0.2, 0.25) is 0 Å². The van der Waals surface area contributed by atoms with Crippen LogP contribution in [0.4, 0.5) is 0 Å². The summed E-state index contributed by atoms with van der Waals surface area (Å²) in [7, 11) is -3.33. The van der Waals surface area contributed by atoms with Gasteiger partial charge in [-0.2, -0.15) is 0 Å². The van der Waals surface area contributed by atoms with Gasteiger partial charge in [-0.15, -0.1) is 0 Å². The molecule has 0 aromatic rings. The quantitative estimate of drug-likeness (QED) is 0.783. The van der Waals surface area contributed by atoms with E-state index in [9.17, 15) is 4.57 Å². The molecule has 2 aliphatic carbocycles. The van der Waals surface area contributed by atoms with E-state index in [0.29, 0.717) is 0 Å². The van der Waals surface area contributed by atoms with Crippen molar-refractivity contribution < 1.29 is 13.6 Å². The fraction of sp³-hybridized carbons (Fsp3) is 1.00. The predicted molar refractivity (Wildman–Crippen MR) is 67.7 cm³/mol. The van der Waals surface area contributed by atoms with Crippen LogP contribution in [0.25, 0.3) is 0 Å². The zero-order valence-corrected chi connectivity index (χ0v) is 11.4. The Hall–Kier alpha value is 0.110. The average Bonchev–Trinajstić information content (AvgIpc) is 2.30. The summed E-state index contributed by atoms with van der Waals surface area (Å²) in [5.74, 6) is 0. The van der Waals surface area contributed by atoms with Gasteiger partial charge in [0.15, 0.2) is 0 Å². The molecule has 2 saturated carbocycles. The van der Waals surface area contributed by atoms with Crippen LogP contribution < -0.4 is 5.50 Å². The molecule has 2 aliphatic rings. The van der Waals surface area contributed by atoms with E-state index in [4.69, 9.17) is 14.6 Å². The average molecular weight is 261 g/mol. The van der Waals surface area contributed by atoms with Gasteiger partial charge >= 0.3 is 7.75 Å². The first-order valence-corrected chi connectivity index (χ1v) is 8.52. The van der Waals surface area contributed by atoms with Gasteiger partial charge in [0.25, 0.3) is 0 Å². The molecule has 0 aliphatic heterocycles. The second-order valence-electron chi connectivity index (χ2n) is 5.27. The predicted octanol–water partition coefficient (Wildman–Crippen LogP) is 3.75. The topological polar surface area (TPSA) is 61.6 Å². The molecular weight excluding hydrogens is 237 g/mol. The highest BCUT2D eigenvalue weighted by Gasteiger charge is 2.29. The molecule has 17 heavy (non-hydrogen) atoms. The highest BCUT2D eigenvalue weighted by atomic mass is 31.2. The summed E-state index contributed by atoms with van der Waals surface area (Å²) in [5.41, 5.74) is 5.69. The van der Waals surface area contributed by atoms with Crippen LogP contribution in [0.3, 0.4) is 0 Å². The minimum absolute atomic E-state index is 0.0446. The number of hydrogen-bond donors (Lipinski definition) is 1. The first kappa shape index (κ1) is 13.5. The van der Waals surface area contributed by atoms with Gasteiger partial charge in [-0.3, -0.25) is 9.05 Å². The van der Waals surface area contributed by atoms with Crippen molar-refractivity contribution in [2.45, 2.75) is 76.4 Å². The van der Waals surface area contributed by atoms with Crippen LogP contribution in [0.5, 0.6) is 0 Å². The van der Waals surface area contributed by atoms with E-state index in [1.54, 1.807) is 0 Å². The van der Waals surface area contributed by atoms with Crippen molar-refractivity contribution in [2.75, 3.05) is 0 Å². The zero-order valence-electron chi connectivity index (χ0n) is 10.5. The molecule has 0 amide bonds. The largest absolute Gasteiger partial charge is 0.403 e. The third-order valence-corrected chi connectivity index (χ3v) is 4.88. The van der Waals surface area contributed by atoms with Gasteiger partial charge in [0.1, 0.15) is 0 Å². The first-order valence-electron chi connectivity index (χ1n) is 6.91. The minimum atomic E-state index is -3.33. The maximum Gasteiger partial charge on any atom is 0.403 e. The third-order valence-electron chi connectivity index (χ3n) is 3.70. The molecule has 0 aromatic heterocycles. The van der Waals surface area contributed by atoms with Gasteiger partial charge in [-0.1, -0.05) is 38.5 Å². The van der Waals surface area contributed by atoms with Crippen molar-refractivity contribution in [1.29, 1.82) is 0 Å². The highest BCUT2D eigenvalue weighted by molar-refractivity contribution is 7.51. The van der Waals surface area contributed by atoms with Gasteiger partial charge in [-0.05, 0) is 25.7 Å². The number of rotatable bonds is 4. The minimum Gasteiger partial charge on any atom is -0.294 e. The summed E-state index contributed by atoms with van der Waals surface area (Å²) in [6, 6.07) is 0. The summed E-state index contributed by atoms with van der Waals surface area (Å²) in [6.45, 7) is 0. The SMILES string of the molecule is NP(=O)(OC1CCCCC1)OC1CCCCC1. The maximum absolute atomic E-state index is 12.1. The second kappa shape index (κ2) is 6.33. The monoisotopic (exact) mass is 261 g/mol. The molecular formula is C12H24NO3P. The normalized spacial score (nSPS) is 25.0. The fourth-order valence-corrected chi connectivity index (χ4v) is 4.08. The molecule has 4 nitrogen and oxygen atoms in total. The van der Waals surface area contributed by atoms with Crippen LogP contribution >= 0.6 is 7.75 Å². The molecule has 2 fully saturated rings. The Morgan fingerprint density at radius 1 is 0.765 bits per heavy atom. The van der Waals surface area contributed by atoms with Crippen LogP contribution in [0.1, 0.15) is 64.2 Å². The first-order chi connectivity index (χ1) is 8.16. The number of nitrogens with two attached hydrogens (primary N) is 1. The molecule has 0 heterocycles. The van der Waals surface area contributed by atoms with Crippen LogP contribution in [0.2, 0.25) is 0 Å². The van der Waals surface area contributed by atoms with Crippen LogP contribution in [0, 0.1) is 0 Å². The Labute approximate surface area is 104 Å². The van der Waals surface area contributed by atoms with Crippen molar-refractivity contribution >= 4 is 7.75 Å². The standard InChI is InChI=1S/C12H24NO3P/c13-17(14,15-11-7-3-1-4-8-11)16-12-9-5-2-6-10-12/h11-12H,1-10H2,(H2,13,14). The highest BCUT2D eigenvalue weighted by Crippen LogP contribution is 2.46. The molecule has 2 N–H and O–H groups in total. The van der Waals surface area contributed by atoms with E-state index >= 15 is 0 Å². The van der Waals surface area contributed by atoms with Gasteiger partial charge in [-0.25, -0.2) is 10.1 Å². The van der Waals surface area contributed by atoms with E-state index in [2.05, 4.69) is 0 Å². The fourth-order valence-electron chi connectivity index (χ4n) is 2.78. The smallest absolute Gasteiger partial charge is 0.294 e. The molecule has 0 bridgehead atoms. The van der Waals surface area contributed by atoms with Gasteiger partial charge < -0.3 is 0 Å². The maximum atomic E-state index is 12.1. The second-order valence-corrected chi connectivity index (χ2v) is 6.77.